The normalized spacial score (nSPS) is 31.3. The van der Waals surface area contributed by atoms with Gasteiger partial charge in [0.1, 0.15) is 12.2 Å². The highest BCUT2D eigenvalue weighted by Crippen LogP contribution is 2.33. The molecule has 0 fully saturated rings. The molecule has 28 heavy (non-hydrogen) atoms. The highest BCUT2D eigenvalue weighted by Gasteiger charge is 2.38. The van der Waals surface area contributed by atoms with Crippen molar-refractivity contribution < 1.29 is 33.7 Å². The van der Waals surface area contributed by atoms with Gasteiger partial charge in [-0.2, -0.15) is 0 Å². The Morgan fingerprint density at radius 3 is 2.68 bits per heavy atom. The van der Waals surface area contributed by atoms with Crippen LogP contribution in [0, 0.1) is 5.92 Å². The van der Waals surface area contributed by atoms with E-state index >= 15 is 0 Å². The number of fused-ring (bicyclic) bond motifs is 1. The van der Waals surface area contributed by atoms with E-state index in [0.717, 1.165) is 0 Å². The van der Waals surface area contributed by atoms with E-state index in [1.54, 1.807) is 39.0 Å². The Balaban J connectivity index is 2.48. The fourth-order valence-corrected chi connectivity index (χ4v) is 3.12. The molecule has 1 aliphatic carbocycles. The topological polar surface area (TPSA) is 99.1 Å². The number of aliphatic hydroxyl groups is 1. The summed E-state index contributed by atoms with van der Waals surface area (Å²) in [6.07, 6.45) is 5.03. The molecule has 0 aromatic carbocycles. The maximum absolute atomic E-state index is 12.4. The van der Waals surface area contributed by atoms with Crippen LogP contribution in [0.25, 0.3) is 0 Å². The van der Waals surface area contributed by atoms with Gasteiger partial charge >= 0.3 is 17.9 Å². The molecule has 0 aromatic rings. The maximum atomic E-state index is 12.4. The van der Waals surface area contributed by atoms with Crippen LogP contribution in [0.1, 0.15) is 33.6 Å². The lowest BCUT2D eigenvalue weighted by atomic mass is 9.85. The molecule has 1 heterocycles. The molecule has 0 amide bonds. The molecule has 2 rings (SSSR count). The molecule has 7 nitrogen and oxygen atoms in total. The molecule has 0 unspecified atom stereocenters. The van der Waals surface area contributed by atoms with E-state index in [4.69, 9.17) is 14.2 Å². The number of carbonyl (C=O) groups excluding carboxylic acids is 3. The van der Waals surface area contributed by atoms with E-state index < -0.39 is 41.6 Å². The van der Waals surface area contributed by atoms with Gasteiger partial charge < -0.3 is 19.3 Å². The molecule has 152 valence electrons. The summed E-state index contributed by atoms with van der Waals surface area (Å²) >= 11 is 0. The Bertz CT molecular complexity index is 770. The highest BCUT2D eigenvalue weighted by molar-refractivity contribution is 5.92. The van der Waals surface area contributed by atoms with Crippen molar-refractivity contribution in [2.75, 3.05) is 7.11 Å². The van der Waals surface area contributed by atoms with Gasteiger partial charge in [0.2, 0.25) is 0 Å². The van der Waals surface area contributed by atoms with E-state index in [1.165, 1.54) is 13.2 Å². The molecule has 0 radical (unpaired) electrons. The predicted molar refractivity (Wildman–Crippen MR) is 101 cm³/mol. The molecule has 7 heteroatoms. The summed E-state index contributed by atoms with van der Waals surface area (Å²) in [5, 5.41) is 10.6. The van der Waals surface area contributed by atoms with Crippen molar-refractivity contribution in [2.24, 2.45) is 5.92 Å². The van der Waals surface area contributed by atoms with Crippen LogP contribution in [0.2, 0.25) is 0 Å². The van der Waals surface area contributed by atoms with Crippen LogP contribution in [0.3, 0.4) is 0 Å². The molecule has 2 aliphatic rings. The zero-order valence-electron chi connectivity index (χ0n) is 16.6. The van der Waals surface area contributed by atoms with Gasteiger partial charge in [-0.15, -0.1) is 0 Å². The molecule has 0 aromatic heterocycles. The molecule has 0 saturated carbocycles. The fraction of sp³-hybridized carbons (Fsp3) is 0.476. The first-order valence-corrected chi connectivity index (χ1v) is 9.02. The minimum Gasteiger partial charge on any atom is -0.466 e. The number of allylic oxidation sites excluding steroid dienone is 1. The average Bonchev–Trinajstić information content (AvgIpc) is 2.96. The first-order chi connectivity index (χ1) is 13.1. The Kier molecular flexibility index (Phi) is 6.61. The fourth-order valence-electron chi connectivity index (χ4n) is 3.12. The molecule has 0 spiro atoms. The lowest BCUT2D eigenvalue weighted by Crippen LogP contribution is -2.32. The third-order valence-corrected chi connectivity index (χ3v) is 4.87. The van der Waals surface area contributed by atoms with Crippen molar-refractivity contribution in [1.82, 2.24) is 0 Å². The van der Waals surface area contributed by atoms with E-state index in [2.05, 4.69) is 6.58 Å². The molecule has 2 bridgehead atoms. The monoisotopic (exact) mass is 390 g/mol. The van der Waals surface area contributed by atoms with Gasteiger partial charge in [0, 0.05) is 35.5 Å². The van der Waals surface area contributed by atoms with Crippen LogP contribution >= 0.6 is 0 Å². The largest absolute Gasteiger partial charge is 0.466 e. The summed E-state index contributed by atoms with van der Waals surface area (Å²) in [5.41, 5.74) is -0.544. The summed E-state index contributed by atoms with van der Waals surface area (Å²) in [6.45, 7) is 8.65. The lowest BCUT2D eigenvalue weighted by molar-refractivity contribution is -0.148. The average molecular weight is 390 g/mol. The van der Waals surface area contributed by atoms with Crippen molar-refractivity contribution in [2.45, 2.75) is 51.4 Å². The van der Waals surface area contributed by atoms with Crippen LogP contribution in [0.4, 0.5) is 0 Å². The van der Waals surface area contributed by atoms with Gasteiger partial charge in [-0.05, 0) is 26.8 Å². The number of hydrogen-bond acceptors (Lipinski definition) is 7. The first-order valence-electron chi connectivity index (χ1n) is 9.02. The quantitative estimate of drug-likeness (QED) is 0.340. The van der Waals surface area contributed by atoms with Crippen molar-refractivity contribution in [3.05, 3.63) is 47.6 Å². The number of carbonyl (C=O) groups is 3. The molecular formula is C21H26O7. The lowest BCUT2D eigenvalue weighted by Gasteiger charge is -2.28. The molecular weight excluding hydrogens is 364 g/mol. The van der Waals surface area contributed by atoms with E-state index in [0.29, 0.717) is 11.1 Å². The zero-order valence-corrected chi connectivity index (χ0v) is 16.6. The van der Waals surface area contributed by atoms with Crippen LogP contribution in [-0.4, -0.2) is 47.9 Å². The Morgan fingerprint density at radius 1 is 1.39 bits per heavy atom. The van der Waals surface area contributed by atoms with Crippen LogP contribution < -0.4 is 0 Å². The minimum atomic E-state index is -1.31. The van der Waals surface area contributed by atoms with E-state index in [9.17, 15) is 19.5 Å². The summed E-state index contributed by atoms with van der Waals surface area (Å²) in [7, 11) is 1.22. The minimum absolute atomic E-state index is 0.0469. The van der Waals surface area contributed by atoms with Gasteiger partial charge in [0.15, 0.2) is 0 Å². The summed E-state index contributed by atoms with van der Waals surface area (Å²) in [6, 6.07) is 0. The number of esters is 3. The third kappa shape index (κ3) is 4.98. The standard InChI is InChI=1S/C21H26O7/c1-6-12(2)18(22)28-17-10-14-9-15(27-20(14)24)11-21(4,25)8-7-16(17)13(3)19(23)26-5/h6-9,15-17,25H,3,10-11H2,1-2,4-5H3/b8-7+,12-6+/t15-,16+,17-,21-/m0/s1. The Morgan fingerprint density at radius 2 is 2.07 bits per heavy atom. The van der Waals surface area contributed by atoms with Gasteiger partial charge in [0.25, 0.3) is 0 Å². The van der Waals surface area contributed by atoms with E-state index in [-0.39, 0.29) is 18.4 Å². The second-order valence-electron chi connectivity index (χ2n) is 7.22. The zero-order chi connectivity index (χ0) is 21.1. The molecule has 1 aliphatic heterocycles. The van der Waals surface area contributed by atoms with E-state index in [1.807, 2.05) is 0 Å². The van der Waals surface area contributed by atoms with Crippen molar-refractivity contribution in [3.8, 4) is 0 Å². The van der Waals surface area contributed by atoms with Gasteiger partial charge in [-0.1, -0.05) is 24.8 Å². The smallest absolute Gasteiger partial charge is 0.334 e. The van der Waals surface area contributed by atoms with Crippen LogP contribution in [0.15, 0.2) is 47.6 Å². The predicted octanol–water partition coefficient (Wildman–Crippen LogP) is 2.16. The van der Waals surface area contributed by atoms with Crippen LogP contribution in [-0.2, 0) is 28.6 Å². The summed E-state index contributed by atoms with van der Waals surface area (Å²) in [5.74, 6) is -2.57. The Hall–Kier alpha value is -2.67. The van der Waals surface area contributed by atoms with Gasteiger partial charge in [0.05, 0.1) is 12.7 Å². The number of ether oxygens (including phenoxy) is 3. The molecule has 4 atom stereocenters. The van der Waals surface area contributed by atoms with Crippen molar-refractivity contribution in [1.29, 1.82) is 0 Å². The highest BCUT2D eigenvalue weighted by atomic mass is 16.6. The van der Waals surface area contributed by atoms with Gasteiger partial charge in [-0.25, -0.2) is 14.4 Å². The molecule has 0 saturated heterocycles. The number of methoxy groups -OCH3 is 1. The second kappa shape index (κ2) is 8.56. The van der Waals surface area contributed by atoms with Crippen LogP contribution in [0.5, 0.6) is 0 Å². The van der Waals surface area contributed by atoms with Crippen molar-refractivity contribution >= 4 is 17.9 Å². The summed E-state index contributed by atoms with van der Waals surface area (Å²) in [4.78, 5) is 36.7. The van der Waals surface area contributed by atoms with Crippen molar-refractivity contribution in [3.63, 3.8) is 0 Å². The SMILES string of the molecule is C=C(C(=O)OC)[C@H]1/C=C/[C@](C)(O)C[C@@H]2C=C(C[C@@H]1OC(=O)/C(C)=C/C)C(=O)O2. The second-order valence-corrected chi connectivity index (χ2v) is 7.22. The first kappa shape index (κ1) is 21.6. The maximum Gasteiger partial charge on any atom is 0.334 e. The molecule has 1 N–H and O–H groups in total. The van der Waals surface area contributed by atoms with Gasteiger partial charge in [-0.3, -0.25) is 0 Å². The third-order valence-electron chi connectivity index (χ3n) is 4.87. The number of rotatable bonds is 4. The number of hydrogen-bond donors (Lipinski definition) is 1. The summed E-state index contributed by atoms with van der Waals surface area (Å²) < 4.78 is 15.7. The Labute approximate surface area is 164 Å².